The molecule has 4 atom stereocenters. The first-order valence-corrected chi connectivity index (χ1v) is 10.4. The van der Waals surface area contributed by atoms with Crippen LogP contribution in [0.2, 0.25) is 0 Å². The molecule has 2 aromatic rings. The van der Waals surface area contributed by atoms with Gasteiger partial charge < -0.3 is 9.47 Å². The van der Waals surface area contributed by atoms with E-state index in [0.717, 1.165) is 0 Å². The van der Waals surface area contributed by atoms with Crippen molar-refractivity contribution in [3.8, 4) is 0 Å². The van der Waals surface area contributed by atoms with Gasteiger partial charge in [-0.3, -0.25) is 19.3 Å². The van der Waals surface area contributed by atoms with Gasteiger partial charge >= 0.3 is 11.9 Å². The highest BCUT2D eigenvalue weighted by atomic mass is 16.6. The number of cyclic esters (lactones) is 1. The molecule has 0 saturated carbocycles. The minimum absolute atomic E-state index is 0.117. The van der Waals surface area contributed by atoms with Gasteiger partial charge in [-0.25, -0.2) is 0 Å². The fraction of sp³-hybridized carbons (Fsp3) is 0.320. The van der Waals surface area contributed by atoms with Gasteiger partial charge in [0, 0.05) is 30.1 Å². The van der Waals surface area contributed by atoms with E-state index in [1.165, 1.54) is 6.92 Å². The summed E-state index contributed by atoms with van der Waals surface area (Å²) in [5.41, 5.74) is 0.0406. The second-order valence-electron chi connectivity index (χ2n) is 8.27. The van der Waals surface area contributed by atoms with Crippen molar-refractivity contribution in [2.45, 2.75) is 32.8 Å². The number of esters is 2. The first-order chi connectivity index (χ1) is 14.8. The SMILES string of the molecule is CC(=O)OC1=CC2C(=O)OC(C)(C(=O)N(c3ccccc3)c3ccccc3)C2CC1C. The fourth-order valence-electron chi connectivity index (χ4n) is 4.52. The quantitative estimate of drug-likeness (QED) is 0.688. The standard InChI is InChI=1S/C25H25NO5/c1-16-14-21-20(15-22(16)30-17(2)27)23(28)31-25(21,3)24(29)26(18-10-6-4-7-11-18)19-12-8-5-9-13-19/h4-13,15-16,20-21H,14H2,1-3H3. The smallest absolute Gasteiger partial charge is 0.314 e. The van der Waals surface area contributed by atoms with E-state index in [1.54, 1.807) is 17.9 Å². The van der Waals surface area contributed by atoms with Crippen molar-refractivity contribution in [1.82, 2.24) is 0 Å². The van der Waals surface area contributed by atoms with Crippen LogP contribution in [-0.2, 0) is 23.9 Å². The Balaban J connectivity index is 1.74. The van der Waals surface area contributed by atoms with E-state index in [-0.39, 0.29) is 17.7 Å². The summed E-state index contributed by atoms with van der Waals surface area (Å²) < 4.78 is 11.1. The van der Waals surface area contributed by atoms with Crippen molar-refractivity contribution >= 4 is 29.2 Å². The number of ether oxygens (including phenoxy) is 2. The zero-order valence-corrected chi connectivity index (χ0v) is 17.8. The van der Waals surface area contributed by atoms with Gasteiger partial charge in [0.1, 0.15) is 5.76 Å². The summed E-state index contributed by atoms with van der Waals surface area (Å²) in [5, 5.41) is 0. The number of rotatable bonds is 4. The van der Waals surface area contributed by atoms with E-state index in [2.05, 4.69) is 0 Å². The van der Waals surface area contributed by atoms with Gasteiger partial charge in [-0.1, -0.05) is 43.3 Å². The van der Waals surface area contributed by atoms with Crippen molar-refractivity contribution in [3.05, 3.63) is 72.5 Å². The second kappa shape index (κ2) is 8.02. The van der Waals surface area contributed by atoms with Gasteiger partial charge in [0.2, 0.25) is 0 Å². The van der Waals surface area contributed by atoms with Crippen molar-refractivity contribution in [3.63, 3.8) is 0 Å². The highest BCUT2D eigenvalue weighted by Gasteiger charge is 2.59. The van der Waals surface area contributed by atoms with Crippen LogP contribution in [0.1, 0.15) is 27.2 Å². The van der Waals surface area contributed by atoms with Crippen LogP contribution in [0, 0.1) is 17.8 Å². The van der Waals surface area contributed by atoms with Crippen LogP contribution >= 0.6 is 0 Å². The number of nitrogens with zero attached hydrogens (tertiary/aromatic N) is 1. The molecule has 1 amide bonds. The number of anilines is 2. The average Bonchev–Trinajstić information content (AvgIpc) is 3.00. The Kier molecular flexibility index (Phi) is 5.39. The van der Waals surface area contributed by atoms with Crippen LogP contribution in [0.3, 0.4) is 0 Å². The molecular weight excluding hydrogens is 394 g/mol. The maximum atomic E-state index is 14.0. The molecule has 160 valence electrons. The zero-order valence-electron chi connectivity index (χ0n) is 17.8. The number of carbonyl (C=O) groups excluding carboxylic acids is 3. The summed E-state index contributed by atoms with van der Waals surface area (Å²) in [7, 11) is 0. The van der Waals surface area contributed by atoms with E-state index < -0.39 is 23.5 Å². The molecule has 2 aliphatic rings. The van der Waals surface area contributed by atoms with Crippen molar-refractivity contribution < 1.29 is 23.9 Å². The van der Waals surface area contributed by atoms with Crippen LogP contribution < -0.4 is 4.90 Å². The Morgan fingerprint density at radius 3 is 2.10 bits per heavy atom. The van der Waals surface area contributed by atoms with Crippen LogP contribution in [-0.4, -0.2) is 23.4 Å². The average molecular weight is 419 g/mol. The molecule has 1 fully saturated rings. The summed E-state index contributed by atoms with van der Waals surface area (Å²) in [6.45, 7) is 4.94. The summed E-state index contributed by atoms with van der Waals surface area (Å²) in [6.07, 6.45) is 2.14. The highest BCUT2D eigenvalue weighted by Crippen LogP contribution is 2.48. The van der Waals surface area contributed by atoms with Gasteiger partial charge in [-0.2, -0.15) is 0 Å². The number of amides is 1. The lowest BCUT2D eigenvalue weighted by molar-refractivity contribution is -0.157. The number of fused-ring (bicyclic) bond motifs is 1. The van der Waals surface area contributed by atoms with E-state index in [0.29, 0.717) is 23.6 Å². The third kappa shape index (κ3) is 3.74. The van der Waals surface area contributed by atoms with E-state index >= 15 is 0 Å². The first-order valence-electron chi connectivity index (χ1n) is 10.4. The lowest BCUT2D eigenvalue weighted by atomic mass is 9.71. The maximum absolute atomic E-state index is 14.0. The Morgan fingerprint density at radius 1 is 1.03 bits per heavy atom. The molecule has 31 heavy (non-hydrogen) atoms. The van der Waals surface area contributed by atoms with Crippen LogP contribution in [0.5, 0.6) is 0 Å². The number of hydrogen-bond donors (Lipinski definition) is 0. The monoisotopic (exact) mass is 419 g/mol. The zero-order chi connectivity index (χ0) is 22.2. The molecule has 6 nitrogen and oxygen atoms in total. The topological polar surface area (TPSA) is 72.9 Å². The molecule has 1 saturated heterocycles. The minimum Gasteiger partial charge on any atom is -0.448 e. The first kappa shape index (κ1) is 20.8. The molecule has 0 spiro atoms. The molecule has 4 unspecified atom stereocenters. The molecule has 6 heteroatoms. The Bertz CT molecular complexity index is 993. The van der Waals surface area contributed by atoms with Gasteiger partial charge in [-0.15, -0.1) is 0 Å². The fourth-order valence-corrected chi connectivity index (χ4v) is 4.52. The number of hydrogen-bond acceptors (Lipinski definition) is 5. The van der Waals surface area contributed by atoms with Crippen molar-refractivity contribution in [2.75, 3.05) is 4.90 Å². The summed E-state index contributed by atoms with van der Waals surface area (Å²) in [4.78, 5) is 39.8. The molecule has 0 radical (unpaired) electrons. The van der Waals surface area contributed by atoms with Crippen molar-refractivity contribution in [1.29, 1.82) is 0 Å². The summed E-state index contributed by atoms with van der Waals surface area (Å²) >= 11 is 0. The summed E-state index contributed by atoms with van der Waals surface area (Å²) in [6, 6.07) is 18.6. The van der Waals surface area contributed by atoms with E-state index in [1.807, 2.05) is 67.6 Å². The molecule has 1 heterocycles. The minimum atomic E-state index is -1.35. The van der Waals surface area contributed by atoms with Crippen molar-refractivity contribution in [2.24, 2.45) is 17.8 Å². The molecule has 0 aromatic heterocycles. The van der Waals surface area contributed by atoms with E-state index in [4.69, 9.17) is 9.47 Å². The van der Waals surface area contributed by atoms with E-state index in [9.17, 15) is 14.4 Å². The van der Waals surface area contributed by atoms with Gasteiger partial charge in [-0.05, 0) is 43.7 Å². The number of benzene rings is 2. The molecule has 0 bridgehead atoms. The second-order valence-corrected chi connectivity index (χ2v) is 8.27. The van der Waals surface area contributed by atoms with Gasteiger partial charge in [0.25, 0.3) is 5.91 Å². The normalized spacial score (nSPS) is 27.0. The lowest BCUT2D eigenvalue weighted by Gasteiger charge is -2.37. The number of carbonyl (C=O) groups is 3. The third-order valence-corrected chi connectivity index (χ3v) is 6.08. The lowest BCUT2D eigenvalue weighted by Crippen LogP contribution is -2.50. The molecule has 1 aliphatic heterocycles. The van der Waals surface area contributed by atoms with Crippen LogP contribution in [0.15, 0.2) is 72.5 Å². The molecular formula is C25H25NO5. The highest BCUT2D eigenvalue weighted by molar-refractivity contribution is 6.07. The predicted octanol–water partition coefficient (Wildman–Crippen LogP) is 4.39. The van der Waals surface area contributed by atoms with Crippen LogP contribution in [0.25, 0.3) is 0 Å². The van der Waals surface area contributed by atoms with Gasteiger partial charge in [0.15, 0.2) is 5.60 Å². The van der Waals surface area contributed by atoms with Gasteiger partial charge in [0.05, 0.1) is 5.92 Å². The Morgan fingerprint density at radius 2 is 1.58 bits per heavy atom. The summed E-state index contributed by atoms with van der Waals surface area (Å²) in [5.74, 6) is -1.86. The maximum Gasteiger partial charge on any atom is 0.314 e. The Labute approximate surface area is 181 Å². The Hall–Kier alpha value is -3.41. The largest absolute Gasteiger partial charge is 0.448 e. The molecule has 4 rings (SSSR count). The predicted molar refractivity (Wildman–Crippen MR) is 115 cm³/mol. The molecule has 1 aliphatic carbocycles. The number of para-hydroxylation sites is 2. The molecule has 0 N–H and O–H groups in total. The number of allylic oxidation sites excluding steroid dienone is 1. The van der Waals surface area contributed by atoms with Crippen LogP contribution in [0.4, 0.5) is 11.4 Å². The molecule has 2 aromatic carbocycles. The third-order valence-electron chi connectivity index (χ3n) is 6.08.